The molecule has 2 N–H and O–H groups in total. The van der Waals surface area contributed by atoms with Crippen molar-refractivity contribution in [2.24, 2.45) is 0 Å². The molecule has 1 rings (SSSR count). The van der Waals surface area contributed by atoms with Crippen molar-refractivity contribution in [3.63, 3.8) is 0 Å². The van der Waals surface area contributed by atoms with E-state index in [1.165, 1.54) is 18.3 Å². The maximum absolute atomic E-state index is 11.2. The number of aromatic carboxylic acids is 1. The summed E-state index contributed by atoms with van der Waals surface area (Å²) in [6, 6.07) is 2.79. The largest absolute Gasteiger partial charge is 0.477 e. The number of pyridine rings is 1. The Morgan fingerprint density at radius 1 is 1.50 bits per heavy atom. The molecule has 0 bridgehead atoms. The summed E-state index contributed by atoms with van der Waals surface area (Å²) in [5.41, 5.74) is 0.383. The van der Waals surface area contributed by atoms with Crippen LogP contribution in [-0.2, 0) is 4.79 Å². The molecule has 82 valence electrons. The molecule has 1 aromatic heterocycles. The molecular weight excluding hydrogens is 208 g/mol. The number of carboxylic acids is 1. The van der Waals surface area contributed by atoms with Crippen molar-refractivity contribution < 1.29 is 14.7 Å². The molecule has 0 spiro atoms. The van der Waals surface area contributed by atoms with Crippen LogP contribution in [-0.4, -0.2) is 22.0 Å². The molecule has 0 fully saturated rings. The second-order valence-electron chi connectivity index (χ2n) is 2.99. The number of anilines is 1. The number of carboxylic acid groups (broad SMARTS) is 1. The first kappa shape index (κ1) is 11.7. The van der Waals surface area contributed by atoms with E-state index in [1.54, 1.807) is 0 Å². The fourth-order valence-electron chi connectivity index (χ4n) is 1.00. The lowest BCUT2D eigenvalue weighted by Gasteiger charge is -2.03. The highest BCUT2D eigenvalue weighted by atomic mass is 16.4. The normalized spacial score (nSPS) is 9.19. The number of amides is 1. The van der Waals surface area contributed by atoms with Gasteiger partial charge in [0.25, 0.3) is 0 Å². The van der Waals surface area contributed by atoms with Crippen LogP contribution >= 0.6 is 0 Å². The molecule has 0 aliphatic heterocycles. The molecule has 0 unspecified atom stereocenters. The first-order valence-electron chi connectivity index (χ1n) is 4.56. The number of hydrogen-bond donors (Lipinski definition) is 2. The number of carbonyl (C=O) groups is 2. The van der Waals surface area contributed by atoms with Gasteiger partial charge in [0, 0.05) is 12.8 Å². The highest BCUT2D eigenvalue weighted by Gasteiger charge is 2.05. The third-order valence-corrected chi connectivity index (χ3v) is 1.76. The first-order valence-corrected chi connectivity index (χ1v) is 4.56. The van der Waals surface area contributed by atoms with Gasteiger partial charge in [0.05, 0.1) is 11.9 Å². The predicted molar refractivity (Wildman–Crippen MR) is 57.9 cm³/mol. The number of nitrogens with one attached hydrogen (secondary N) is 1. The Labute approximate surface area is 92.5 Å². The maximum Gasteiger partial charge on any atom is 0.354 e. The van der Waals surface area contributed by atoms with Gasteiger partial charge in [0.15, 0.2) is 0 Å². The number of hydrogen-bond acceptors (Lipinski definition) is 3. The quantitative estimate of drug-likeness (QED) is 0.742. The first-order chi connectivity index (χ1) is 7.63. The van der Waals surface area contributed by atoms with Crippen LogP contribution in [0, 0.1) is 12.3 Å². The Hall–Kier alpha value is -2.35. The zero-order valence-corrected chi connectivity index (χ0v) is 8.43. The second kappa shape index (κ2) is 5.51. The maximum atomic E-state index is 11.2. The van der Waals surface area contributed by atoms with E-state index in [-0.39, 0.29) is 18.0 Å². The van der Waals surface area contributed by atoms with Gasteiger partial charge in [-0.2, -0.15) is 0 Å². The summed E-state index contributed by atoms with van der Waals surface area (Å²) in [7, 11) is 0. The summed E-state index contributed by atoms with van der Waals surface area (Å²) in [5.74, 6) is 1.03. The number of nitrogens with zero attached hydrogens (tertiary/aromatic N) is 1. The van der Waals surface area contributed by atoms with E-state index in [0.29, 0.717) is 12.1 Å². The molecule has 5 heteroatoms. The van der Waals surface area contributed by atoms with Crippen LogP contribution in [0.25, 0.3) is 0 Å². The molecule has 0 radical (unpaired) electrons. The molecule has 0 aromatic carbocycles. The van der Waals surface area contributed by atoms with Crippen molar-refractivity contribution in [2.45, 2.75) is 12.8 Å². The van der Waals surface area contributed by atoms with Crippen LogP contribution < -0.4 is 5.32 Å². The average molecular weight is 218 g/mol. The number of carbonyl (C=O) groups excluding carboxylic acids is 1. The van der Waals surface area contributed by atoms with Crippen LogP contribution in [0.3, 0.4) is 0 Å². The van der Waals surface area contributed by atoms with E-state index in [1.807, 2.05) is 0 Å². The highest BCUT2D eigenvalue weighted by Crippen LogP contribution is 2.06. The van der Waals surface area contributed by atoms with E-state index >= 15 is 0 Å². The van der Waals surface area contributed by atoms with E-state index in [4.69, 9.17) is 11.5 Å². The Balaban J connectivity index is 2.59. The zero-order valence-electron chi connectivity index (χ0n) is 8.43. The SMILES string of the molecule is C#CCCC(=O)Nc1ccc(C(=O)O)nc1. The minimum Gasteiger partial charge on any atom is -0.477 e. The van der Waals surface area contributed by atoms with E-state index < -0.39 is 5.97 Å². The molecule has 1 amide bonds. The molecule has 0 aliphatic carbocycles. The van der Waals surface area contributed by atoms with Gasteiger partial charge in [-0.25, -0.2) is 9.78 Å². The lowest BCUT2D eigenvalue weighted by atomic mass is 10.3. The fourth-order valence-corrected chi connectivity index (χ4v) is 1.00. The number of rotatable bonds is 4. The lowest BCUT2D eigenvalue weighted by Crippen LogP contribution is -2.11. The van der Waals surface area contributed by atoms with Gasteiger partial charge in [-0.15, -0.1) is 12.3 Å². The molecule has 0 saturated heterocycles. The van der Waals surface area contributed by atoms with Gasteiger partial charge in [0.1, 0.15) is 5.69 Å². The van der Waals surface area contributed by atoms with Crippen molar-refractivity contribution in [3.8, 4) is 12.3 Å². The van der Waals surface area contributed by atoms with Gasteiger partial charge in [-0.05, 0) is 12.1 Å². The van der Waals surface area contributed by atoms with E-state index in [9.17, 15) is 9.59 Å². The van der Waals surface area contributed by atoms with Crippen molar-refractivity contribution in [1.82, 2.24) is 4.98 Å². The number of aromatic nitrogens is 1. The Morgan fingerprint density at radius 2 is 2.25 bits per heavy atom. The second-order valence-corrected chi connectivity index (χ2v) is 2.99. The summed E-state index contributed by atoms with van der Waals surface area (Å²) < 4.78 is 0. The summed E-state index contributed by atoms with van der Waals surface area (Å²) in [6.45, 7) is 0. The minimum absolute atomic E-state index is 0.0679. The molecular formula is C11H10N2O3. The van der Waals surface area contributed by atoms with Crippen LogP contribution in [0.5, 0.6) is 0 Å². The van der Waals surface area contributed by atoms with Crippen molar-refractivity contribution in [1.29, 1.82) is 0 Å². The molecule has 16 heavy (non-hydrogen) atoms. The van der Waals surface area contributed by atoms with Crippen molar-refractivity contribution in [2.75, 3.05) is 5.32 Å². The molecule has 0 atom stereocenters. The molecule has 5 nitrogen and oxygen atoms in total. The predicted octanol–water partition coefficient (Wildman–Crippen LogP) is 1.13. The summed E-state index contributed by atoms with van der Waals surface area (Å²) in [5, 5.41) is 11.2. The Bertz CT molecular complexity index is 432. The van der Waals surface area contributed by atoms with Crippen molar-refractivity contribution in [3.05, 3.63) is 24.0 Å². The van der Waals surface area contributed by atoms with Crippen LogP contribution in [0.15, 0.2) is 18.3 Å². The summed E-state index contributed by atoms with van der Waals surface area (Å²) in [4.78, 5) is 25.4. The topological polar surface area (TPSA) is 79.3 Å². The third kappa shape index (κ3) is 3.42. The van der Waals surface area contributed by atoms with Crippen LogP contribution in [0.1, 0.15) is 23.3 Å². The Morgan fingerprint density at radius 3 is 2.75 bits per heavy atom. The average Bonchev–Trinajstić information content (AvgIpc) is 2.27. The van der Waals surface area contributed by atoms with E-state index in [0.717, 1.165) is 0 Å². The van der Waals surface area contributed by atoms with Crippen LogP contribution in [0.4, 0.5) is 5.69 Å². The molecule has 0 aliphatic rings. The van der Waals surface area contributed by atoms with Gasteiger partial charge in [-0.1, -0.05) is 0 Å². The third-order valence-electron chi connectivity index (χ3n) is 1.76. The van der Waals surface area contributed by atoms with Gasteiger partial charge < -0.3 is 10.4 Å². The zero-order chi connectivity index (χ0) is 12.0. The standard InChI is InChI=1S/C11H10N2O3/c1-2-3-4-10(14)13-8-5-6-9(11(15)16)12-7-8/h1,5-7H,3-4H2,(H,13,14)(H,15,16). The van der Waals surface area contributed by atoms with Crippen LogP contribution in [0.2, 0.25) is 0 Å². The minimum atomic E-state index is -1.11. The van der Waals surface area contributed by atoms with Gasteiger partial charge in [0.2, 0.25) is 5.91 Å². The molecule has 0 saturated carbocycles. The fraction of sp³-hybridized carbons (Fsp3) is 0.182. The van der Waals surface area contributed by atoms with Crippen molar-refractivity contribution >= 4 is 17.6 Å². The molecule has 1 aromatic rings. The summed E-state index contributed by atoms with van der Waals surface area (Å²) in [6.07, 6.45) is 6.91. The highest BCUT2D eigenvalue weighted by molar-refractivity contribution is 5.91. The summed E-state index contributed by atoms with van der Waals surface area (Å²) >= 11 is 0. The monoisotopic (exact) mass is 218 g/mol. The smallest absolute Gasteiger partial charge is 0.354 e. The molecule has 1 heterocycles. The van der Waals surface area contributed by atoms with E-state index in [2.05, 4.69) is 16.2 Å². The van der Waals surface area contributed by atoms with Gasteiger partial charge in [-0.3, -0.25) is 4.79 Å². The lowest BCUT2D eigenvalue weighted by molar-refractivity contribution is -0.116. The number of terminal acetylenes is 1. The van der Waals surface area contributed by atoms with Gasteiger partial charge >= 0.3 is 5.97 Å². The Kier molecular flexibility index (Phi) is 4.04.